The molecule has 0 aliphatic heterocycles. The molecule has 0 N–H and O–H groups in total. The fourth-order valence-electron chi connectivity index (χ4n) is 2.83. The van der Waals surface area contributed by atoms with E-state index in [0.717, 1.165) is 0 Å². The summed E-state index contributed by atoms with van der Waals surface area (Å²) in [6, 6.07) is 17.7. The average molecular weight is 325 g/mol. The molecule has 2 aromatic rings. The van der Waals surface area contributed by atoms with Gasteiger partial charge in [-0.25, -0.2) is 0 Å². The highest BCUT2D eigenvalue weighted by molar-refractivity contribution is 6.89. The van der Waals surface area contributed by atoms with Gasteiger partial charge in [0, 0.05) is 0 Å². The van der Waals surface area contributed by atoms with Crippen molar-refractivity contribution in [1.29, 1.82) is 0 Å². The zero-order chi connectivity index (χ0) is 16.4. The molecule has 0 aliphatic carbocycles. The minimum atomic E-state index is -1.31. The lowest BCUT2D eigenvalue weighted by molar-refractivity contribution is 1.63. The third-order valence-corrected chi connectivity index (χ3v) is 8.12. The molecule has 0 unspecified atom stereocenters. The Balaban J connectivity index is 2.43. The van der Waals surface area contributed by atoms with Crippen LogP contribution in [-0.2, 0) is 0 Å². The van der Waals surface area contributed by atoms with E-state index in [4.69, 9.17) is 0 Å². The second kappa shape index (κ2) is 6.39. The Bertz CT molecular complexity index is 611. The third-order valence-electron chi connectivity index (χ3n) is 3.98. The van der Waals surface area contributed by atoms with Crippen LogP contribution in [0.15, 0.2) is 48.5 Å². The first-order valence-electron chi connectivity index (χ1n) is 8.07. The number of benzene rings is 2. The summed E-state index contributed by atoms with van der Waals surface area (Å²) in [6.45, 7) is 14.5. The molecule has 116 valence electrons. The van der Waals surface area contributed by atoms with Crippen LogP contribution in [0.25, 0.3) is 12.2 Å². The molecule has 0 saturated heterocycles. The van der Waals surface area contributed by atoms with Crippen LogP contribution >= 0.6 is 0 Å². The van der Waals surface area contributed by atoms with Gasteiger partial charge in [0.05, 0.1) is 16.1 Å². The first kappa shape index (κ1) is 17.0. The Labute approximate surface area is 137 Å². The van der Waals surface area contributed by atoms with Gasteiger partial charge in [-0.1, -0.05) is 110 Å². The molecule has 0 atom stereocenters. The summed E-state index contributed by atoms with van der Waals surface area (Å²) in [7, 11) is -2.62. The predicted molar refractivity (Wildman–Crippen MR) is 108 cm³/mol. The quantitative estimate of drug-likeness (QED) is 0.551. The Morgan fingerprint density at radius 1 is 0.545 bits per heavy atom. The summed E-state index contributed by atoms with van der Waals surface area (Å²) in [4.78, 5) is 0. The van der Waals surface area contributed by atoms with Gasteiger partial charge in [0.25, 0.3) is 0 Å². The van der Waals surface area contributed by atoms with E-state index in [1.54, 1.807) is 0 Å². The molecular weight excluding hydrogens is 296 g/mol. The van der Waals surface area contributed by atoms with Crippen molar-refractivity contribution in [3.8, 4) is 0 Å². The third kappa shape index (κ3) is 4.08. The molecular formula is C20H28Si2. The maximum atomic E-state index is 2.41. The fraction of sp³-hybridized carbons (Fsp3) is 0.300. The van der Waals surface area contributed by atoms with E-state index in [-0.39, 0.29) is 0 Å². The van der Waals surface area contributed by atoms with Gasteiger partial charge < -0.3 is 0 Å². The highest BCUT2D eigenvalue weighted by Crippen LogP contribution is 2.13. The lowest BCUT2D eigenvalue weighted by atomic mass is 10.1. The SMILES string of the molecule is C[Si](C)(C)c1ccccc1/C=C/c1ccccc1[Si](C)(C)C. The van der Waals surface area contributed by atoms with Crippen molar-refractivity contribution in [2.45, 2.75) is 39.3 Å². The predicted octanol–water partition coefficient (Wildman–Crippen LogP) is 4.95. The smallest absolute Gasteiger partial charge is 0.0656 e. The van der Waals surface area contributed by atoms with Crippen LogP contribution in [0.1, 0.15) is 11.1 Å². The molecule has 0 heterocycles. The molecule has 2 rings (SSSR count). The number of rotatable bonds is 4. The Hall–Kier alpha value is -1.39. The van der Waals surface area contributed by atoms with Crippen LogP contribution in [0.2, 0.25) is 39.3 Å². The van der Waals surface area contributed by atoms with Crippen LogP contribution in [0.3, 0.4) is 0 Å². The van der Waals surface area contributed by atoms with Gasteiger partial charge in [-0.2, -0.15) is 0 Å². The molecule has 0 nitrogen and oxygen atoms in total. The Morgan fingerprint density at radius 2 is 0.864 bits per heavy atom. The van der Waals surface area contributed by atoms with Crippen molar-refractivity contribution >= 4 is 38.7 Å². The minimum Gasteiger partial charge on any atom is -0.0656 e. The molecule has 0 aliphatic rings. The number of hydrogen-bond donors (Lipinski definition) is 0. The van der Waals surface area contributed by atoms with Crippen LogP contribution in [0.4, 0.5) is 0 Å². The van der Waals surface area contributed by atoms with Gasteiger partial charge in [-0.3, -0.25) is 0 Å². The van der Waals surface area contributed by atoms with E-state index in [1.165, 1.54) is 21.5 Å². The largest absolute Gasteiger partial charge is 0.0783 e. The van der Waals surface area contributed by atoms with Crippen LogP contribution in [0.5, 0.6) is 0 Å². The summed E-state index contributed by atoms with van der Waals surface area (Å²) < 4.78 is 0. The molecule has 2 heteroatoms. The molecule has 0 saturated carbocycles. The molecule has 22 heavy (non-hydrogen) atoms. The van der Waals surface area contributed by atoms with Crippen molar-refractivity contribution in [1.82, 2.24) is 0 Å². The maximum absolute atomic E-state index is 2.41. The first-order chi connectivity index (χ1) is 10.2. The van der Waals surface area contributed by atoms with Crippen molar-refractivity contribution in [2.75, 3.05) is 0 Å². The van der Waals surface area contributed by atoms with E-state index < -0.39 is 16.1 Å². The fourth-order valence-corrected chi connectivity index (χ4v) is 6.09. The van der Waals surface area contributed by atoms with Crippen LogP contribution < -0.4 is 10.4 Å². The van der Waals surface area contributed by atoms with E-state index in [0.29, 0.717) is 0 Å². The molecule has 0 fully saturated rings. The Morgan fingerprint density at radius 3 is 1.18 bits per heavy atom. The minimum absolute atomic E-state index is 1.31. The van der Waals surface area contributed by atoms with E-state index in [9.17, 15) is 0 Å². The summed E-state index contributed by atoms with van der Waals surface area (Å²) in [6.07, 6.45) is 4.62. The normalized spacial score (nSPS) is 12.8. The topological polar surface area (TPSA) is 0 Å². The van der Waals surface area contributed by atoms with Crippen molar-refractivity contribution < 1.29 is 0 Å². The summed E-state index contributed by atoms with van der Waals surface area (Å²) in [5.74, 6) is 0. The van der Waals surface area contributed by atoms with Crippen molar-refractivity contribution in [2.24, 2.45) is 0 Å². The average Bonchev–Trinajstić information content (AvgIpc) is 2.44. The summed E-state index contributed by atoms with van der Waals surface area (Å²) >= 11 is 0. The lowest BCUT2D eigenvalue weighted by Gasteiger charge is -2.20. The highest BCUT2D eigenvalue weighted by atomic mass is 28.3. The standard InChI is InChI=1S/C20H28Si2/c1-21(2,3)19-13-9-7-11-17(19)15-16-18-12-8-10-14-20(18)22(4,5)6/h7-16H,1-6H3/b16-15+. The molecule has 2 aromatic carbocycles. The van der Waals surface area contributed by atoms with Crippen LogP contribution in [-0.4, -0.2) is 16.1 Å². The summed E-state index contributed by atoms with van der Waals surface area (Å²) in [5, 5.41) is 3.08. The Kier molecular flexibility index (Phi) is 4.93. The van der Waals surface area contributed by atoms with Gasteiger partial charge in [0.15, 0.2) is 0 Å². The molecule has 0 spiro atoms. The van der Waals surface area contributed by atoms with Crippen molar-refractivity contribution in [3.05, 3.63) is 59.7 Å². The number of hydrogen-bond acceptors (Lipinski definition) is 0. The van der Waals surface area contributed by atoms with Gasteiger partial charge in [-0.05, 0) is 11.1 Å². The van der Waals surface area contributed by atoms with Gasteiger partial charge in [-0.15, -0.1) is 0 Å². The highest BCUT2D eigenvalue weighted by Gasteiger charge is 2.20. The zero-order valence-electron chi connectivity index (χ0n) is 14.8. The first-order valence-corrected chi connectivity index (χ1v) is 15.1. The maximum Gasteiger partial charge on any atom is 0.0783 e. The van der Waals surface area contributed by atoms with E-state index in [2.05, 4.69) is 100.0 Å². The molecule has 0 radical (unpaired) electrons. The van der Waals surface area contributed by atoms with Crippen molar-refractivity contribution in [3.63, 3.8) is 0 Å². The lowest BCUT2D eigenvalue weighted by Crippen LogP contribution is -2.39. The van der Waals surface area contributed by atoms with Gasteiger partial charge >= 0.3 is 0 Å². The molecule has 0 amide bonds. The van der Waals surface area contributed by atoms with E-state index in [1.807, 2.05) is 0 Å². The monoisotopic (exact) mass is 324 g/mol. The second-order valence-electron chi connectivity index (χ2n) is 8.01. The van der Waals surface area contributed by atoms with E-state index >= 15 is 0 Å². The molecule has 0 bridgehead atoms. The zero-order valence-corrected chi connectivity index (χ0v) is 16.8. The second-order valence-corrected chi connectivity index (χ2v) is 18.1. The summed E-state index contributed by atoms with van der Waals surface area (Å²) in [5.41, 5.74) is 2.76. The van der Waals surface area contributed by atoms with Gasteiger partial charge in [0.1, 0.15) is 0 Å². The molecule has 0 aromatic heterocycles. The van der Waals surface area contributed by atoms with Gasteiger partial charge in [0.2, 0.25) is 0 Å². The van der Waals surface area contributed by atoms with Crippen LogP contribution in [0, 0.1) is 0 Å².